The minimum Gasteiger partial charge on any atom is -0.384 e. The molecule has 1 rings (SSSR count). The number of nitrogens with two attached hydrogens (primary N) is 2. The first-order valence-corrected chi connectivity index (χ1v) is 4.21. The lowest BCUT2D eigenvalue weighted by molar-refractivity contribution is 0.381. The van der Waals surface area contributed by atoms with Gasteiger partial charge in [0, 0.05) is 6.07 Å². The summed E-state index contributed by atoms with van der Waals surface area (Å²) in [5.74, 6) is 0.801. The molecule has 0 saturated heterocycles. The fraction of sp³-hybridized carbons (Fsp3) is 0. The number of aromatic nitrogens is 2. The maximum atomic E-state index is 8.74. The highest BCUT2D eigenvalue weighted by Gasteiger charge is 1.85. The fourth-order valence-corrected chi connectivity index (χ4v) is 0.388. The van der Waals surface area contributed by atoms with Crippen LogP contribution in [0, 0.1) is 0 Å². The molecular formula is C4H8N4O4S. The van der Waals surface area contributed by atoms with Crippen LogP contribution in [0.1, 0.15) is 0 Å². The van der Waals surface area contributed by atoms with Crippen molar-refractivity contribution in [3.63, 3.8) is 0 Å². The summed E-state index contributed by atoms with van der Waals surface area (Å²) in [5.41, 5.74) is 10.5. The van der Waals surface area contributed by atoms with E-state index in [1.807, 2.05) is 0 Å². The maximum absolute atomic E-state index is 8.74. The first-order chi connectivity index (χ1) is 5.79. The molecule has 1 heterocycles. The third-order valence-corrected chi connectivity index (χ3v) is 0.709. The number of hydrogen-bond donors (Lipinski definition) is 4. The predicted molar refractivity (Wildman–Crippen MR) is 45.0 cm³/mol. The van der Waals surface area contributed by atoms with E-state index in [1.54, 1.807) is 0 Å². The van der Waals surface area contributed by atoms with Crippen LogP contribution in [0.2, 0.25) is 0 Å². The van der Waals surface area contributed by atoms with E-state index in [0.29, 0.717) is 11.6 Å². The van der Waals surface area contributed by atoms with Gasteiger partial charge >= 0.3 is 10.4 Å². The molecule has 1 aromatic rings. The van der Waals surface area contributed by atoms with Gasteiger partial charge in [-0.05, 0) is 0 Å². The van der Waals surface area contributed by atoms with E-state index in [4.69, 9.17) is 29.0 Å². The molecule has 0 aliphatic heterocycles. The van der Waals surface area contributed by atoms with Crippen molar-refractivity contribution in [2.75, 3.05) is 11.5 Å². The van der Waals surface area contributed by atoms with Crippen LogP contribution in [0.5, 0.6) is 0 Å². The lowest BCUT2D eigenvalue weighted by atomic mass is 10.5. The highest BCUT2D eigenvalue weighted by Crippen LogP contribution is 1.97. The van der Waals surface area contributed by atoms with Crippen LogP contribution in [0.25, 0.3) is 0 Å². The molecule has 0 radical (unpaired) electrons. The van der Waals surface area contributed by atoms with Gasteiger partial charge in [0.15, 0.2) is 0 Å². The van der Waals surface area contributed by atoms with Crippen LogP contribution in [-0.4, -0.2) is 27.5 Å². The third-order valence-electron chi connectivity index (χ3n) is 0.709. The van der Waals surface area contributed by atoms with E-state index in [9.17, 15) is 0 Å². The number of nitrogens with zero attached hydrogens (tertiary/aromatic N) is 2. The summed E-state index contributed by atoms with van der Waals surface area (Å²) in [4.78, 5) is 7.25. The Morgan fingerprint density at radius 2 is 1.46 bits per heavy atom. The highest BCUT2D eigenvalue weighted by molar-refractivity contribution is 7.79. The molecule has 74 valence electrons. The van der Waals surface area contributed by atoms with E-state index in [1.165, 1.54) is 12.4 Å². The topological polar surface area (TPSA) is 152 Å². The van der Waals surface area contributed by atoms with E-state index >= 15 is 0 Å². The molecule has 0 saturated carbocycles. The molecule has 6 N–H and O–H groups in total. The summed E-state index contributed by atoms with van der Waals surface area (Å²) < 4.78 is 31.6. The molecular weight excluding hydrogens is 200 g/mol. The van der Waals surface area contributed by atoms with Gasteiger partial charge in [-0.3, -0.25) is 9.11 Å². The second-order valence-corrected chi connectivity index (χ2v) is 2.71. The monoisotopic (exact) mass is 208 g/mol. The Labute approximate surface area is 74.2 Å². The van der Waals surface area contributed by atoms with Gasteiger partial charge < -0.3 is 11.5 Å². The molecule has 0 spiro atoms. The van der Waals surface area contributed by atoms with Crippen molar-refractivity contribution in [3.05, 3.63) is 12.4 Å². The fourth-order valence-electron chi connectivity index (χ4n) is 0.388. The van der Waals surface area contributed by atoms with Crippen molar-refractivity contribution >= 4 is 22.0 Å². The lowest BCUT2D eigenvalue weighted by Gasteiger charge is -1.89. The smallest absolute Gasteiger partial charge is 0.384 e. The molecule has 0 aliphatic rings. The lowest BCUT2D eigenvalue weighted by Crippen LogP contribution is -1.94. The van der Waals surface area contributed by atoms with E-state index in [0.717, 1.165) is 0 Å². The zero-order chi connectivity index (χ0) is 10.5. The van der Waals surface area contributed by atoms with Gasteiger partial charge in [-0.25, -0.2) is 9.97 Å². The number of rotatable bonds is 0. The van der Waals surface area contributed by atoms with Crippen molar-refractivity contribution in [1.29, 1.82) is 0 Å². The SMILES string of the molecule is Nc1cc(N)ncn1.O=S(=O)(O)O. The quantitative estimate of drug-likeness (QED) is 0.395. The van der Waals surface area contributed by atoms with Gasteiger partial charge in [0.1, 0.15) is 18.0 Å². The van der Waals surface area contributed by atoms with E-state index in [-0.39, 0.29) is 0 Å². The normalized spacial score (nSPS) is 10.0. The summed E-state index contributed by atoms with van der Waals surface area (Å²) in [6.45, 7) is 0. The first kappa shape index (κ1) is 11.6. The molecule has 0 bridgehead atoms. The van der Waals surface area contributed by atoms with Crippen LogP contribution in [-0.2, 0) is 10.4 Å². The van der Waals surface area contributed by atoms with Gasteiger partial charge in [0.05, 0.1) is 0 Å². The van der Waals surface area contributed by atoms with Crippen LogP contribution < -0.4 is 11.5 Å². The molecule has 0 amide bonds. The van der Waals surface area contributed by atoms with Crippen molar-refractivity contribution in [3.8, 4) is 0 Å². The summed E-state index contributed by atoms with van der Waals surface area (Å²) >= 11 is 0. The Kier molecular flexibility index (Phi) is 4.04. The van der Waals surface area contributed by atoms with Gasteiger partial charge in [0.25, 0.3) is 0 Å². The van der Waals surface area contributed by atoms with Crippen molar-refractivity contribution < 1.29 is 17.5 Å². The average Bonchev–Trinajstić information content (AvgIpc) is 1.81. The highest BCUT2D eigenvalue weighted by atomic mass is 32.3. The zero-order valence-corrected chi connectivity index (χ0v) is 7.14. The summed E-state index contributed by atoms with van der Waals surface area (Å²) in [6.07, 6.45) is 1.32. The van der Waals surface area contributed by atoms with E-state index in [2.05, 4.69) is 9.97 Å². The Hall–Kier alpha value is -1.45. The van der Waals surface area contributed by atoms with Crippen molar-refractivity contribution in [2.45, 2.75) is 0 Å². The molecule has 9 heteroatoms. The molecule has 1 aromatic heterocycles. The van der Waals surface area contributed by atoms with E-state index < -0.39 is 10.4 Å². The molecule has 0 aliphatic carbocycles. The summed E-state index contributed by atoms with van der Waals surface area (Å²) in [7, 11) is -4.67. The Bertz CT molecular complexity index is 339. The third kappa shape index (κ3) is 10.6. The first-order valence-electron chi connectivity index (χ1n) is 2.82. The standard InChI is InChI=1S/C4H6N4.H2O4S/c5-3-1-4(6)8-2-7-3;1-5(2,3)4/h1-2H,(H4,5,6,7,8);(H2,1,2,3,4). The minimum atomic E-state index is -4.67. The predicted octanol–water partition coefficient (Wildman–Crippen LogP) is -1.01. The zero-order valence-electron chi connectivity index (χ0n) is 6.32. The van der Waals surface area contributed by atoms with Gasteiger partial charge in [0.2, 0.25) is 0 Å². The molecule has 13 heavy (non-hydrogen) atoms. The number of hydrogen-bond acceptors (Lipinski definition) is 6. The van der Waals surface area contributed by atoms with Crippen LogP contribution >= 0.6 is 0 Å². The van der Waals surface area contributed by atoms with Gasteiger partial charge in [-0.15, -0.1) is 0 Å². The van der Waals surface area contributed by atoms with Gasteiger partial charge in [-0.1, -0.05) is 0 Å². The van der Waals surface area contributed by atoms with Gasteiger partial charge in [-0.2, -0.15) is 8.42 Å². The number of nitrogen functional groups attached to an aromatic ring is 2. The Morgan fingerprint density at radius 1 is 1.15 bits per heavy atom. The molecule has 0 fully saturated rings. The molecule has 8 nitrogen and oxygen atoms in total. The van der Waals surface area contributed by atoms with Crippen LogP contribution in [0.15, 0.2) is 12.4 Å². The van der Waals surface area contributed by atoms with Crippen LogP contribution in [0.4, 0.5) is 11.6 Å². The molecule has 0 aromatic carbocycles. The Morgan fingerprint density at radius 3 is 1.62 bits per heavy atom. The summed E-state index contributed by atoms with van der Waals surface area (Å²) in [6, 6.07) is 1.50. The molecule has 0 unspecified atom stereocenters. The maximum Gasteiger partial charge on any atom is 0.394 e. The molecule has 0 atom stereocenters. The van der Waals surface area contributed by atoms with Crippen LogP contribution in [0.3, 0.4) is 0 Å². The summed E-state index contributed by atoms with van der Waals surface area (Å²) in [5, 5.41) is 0. The van der Waals surface area contributed by atoms with Crippen molar-refractivity contribution in [1.82, 2.24) is 9.97 Å². The minimum absolute atomic E-state index is 0.400. The average molecular weight is 208 g/mol. The number of anilines is 2. The largest absolute Gasteiger partial charge is 0.394 e. The second-order valence-electron chi connectivity index (χ2n) is 1.82. The second kappa shape index (κ2) is 4.54. The Balaban J connectivity index is 0.000000252. The van der Waals surface area contributed by atoms with Crippen molar-refractivity contribution in [2.24, 2.45) is 0 Å².